The fraction of sp³-hybridized carbons (Fsp3) is 0.800. The number of methoxy groups -OCH3 is 1. The number of hydrogen-bond acceptors (Lipinski definition) is 3. The zero-order valence-corrected chi connectivity index (χ0v) is 9.70. The van der Waals surface area contributed by atoms with Crippen LogP contribution in [0.5, 0.6) is 0 Å². The molecule has 2 rings (SSSR count). The molecule has 5 heteroatoms. The minimum Gasteiger partial charge on any atom is -0.383 e. The van der Waals surface area contributed by atoms with Crippen molar-refractivity contribution in [2.45, 2.75) is 37.6 Å². The summed E-state index contributed by atoms with van der Waals surface area (Å²) in [6.07, 6.45) is 3.76. The van der Waals surface area contributed by atoms with E-state index in [2.05, 4.69) is 14.8 Å². The van der Waals surface area contributed by atoms with Crippen LogP contribution in [0.1, 0.15) is 36.8 Å². The summed E-state index contributed by atoms with van der Waals surface area (Å²) >= 11 is 5.83. The van der Waals surface area contributed by atoms with Gasteiger partial charge in [-0.3, -0.25) is 0 Å². The SMILES string of the molecule is COCCn1c(CCl)nnc1C1CCC1. The molecule has 84 valence electrons. The molecule has 0 radical (unpaired) electrons. The van der Waals surface area contributed by atoms with Crippen molar-refractivity contribution < 1.29 is 4.74 Å². The molecule has 0 unspecified atom stereocenters. The number of rotatable bonds is 5. The van der Waals surface area contributed by atoms with Gasteiger partial charge in [-0.25, -0.2) is 0 Å². The molecule has 0 spiro atoms. The molecule has 1 aromatic rings. The van der Waals surface area contributed by atoms with Crippen LogP contribution < -0.4 is 0 Å². The predicted octanol–water partition coefficient (Wildman–Crippen LogP) is 1.93. The molecule has 15 heavy (non-hydrogen) atoms. The second-order valence-corrected chi connectivity index (χ2v) is 4.15. The van der Waals surface area contributed by atoms with Gasteiger partial charge in [0.1, 0.15) is 11.6 Å². The van der Waals surface area contributed by atoms with Crippen molar-refractivity contribution in [1.82, 2.24) is 14.8 Å². The predicted molar refractivity (Wildman–Crippen MR) is 58.0 cm³/mol. The summed E-state index contributed by atoms with van der Waals surface area (Å²) in [6.45, 7) is 1.49. The van der Waals surface area contributed by atoms with Crippen molar-refractivity contribution in [2.75, 3.05) is 13.7 Å². The van der Waals surface area contributed by atoms with E-state index in [0.29, 0.717) is 18.4 Å². The number of alkyl halides is 1. The molecule has 1 saturated carbocycles. The van der Waals surface area contributed by atoms with E-state index in [9.17, 15) is 0 Å². The molecule has 0 N–H and O–H groups in total. The highest BCUT2D eigenvalue weighted by atomic mass is 35.5. The smallest absolute Gasteiger partial charge is 0.148 e. The fourth-order valence-corrected chi connectivity index (χ4v) is 2.04. The molecule has 4 nitrogen and oxygen atoms in total. The first-order valence-corrected chi connectivity index (χ1v) is 5.87. The van der Waals surface area contributed by atoms with Gasteiger partial charge in [-0.05, 0) is 12.8 Å². The Bertz CT molecular complexity index is 322. The summed E-state index contributed by atoms with van der Waals surface area (Å²) in [5, 5.41) is 8.35. The Hall–Kier alpha value is -0.610. The van der Waals surface area contributed by atoms with E-state index >= 15 is 0 Å². The van der Waals surface area contributed by atoms with Gasteiger partial charge in [-0.15, -0.1) is 21.8 Å². The Balaban J connectivity index is 2.16. The van der Waals surface area contributed by atoms with Gasteiger partial charge < -0.3 is 9.30 Å². The van der Waals surface area contributed by atoms with Gasteiger partial charge in [0.2, 0.25) is 0 Å². The number of hydrogen-bond donors (Lipinski definition) is 0. The standard InChI is InChI=1S/C10H16ClN3O/c1-15-6-5-14-9(7-11)12-13-10(14)8-3-2-4-8/h8H,2-7H2,1H3. The maximum absolute atomic E-state index is 5.83. The average Bonchev–Trinajstić information content (AvgIpc) is 2.55. The van der Waals surface area contributed by atoms with Crippen molar-refractivity contribution in [2.24, 2.45) is 0 Å². The van der Waals surface area contributed by atoms with Gasteiger partial charge in [0.15, 0.2) is 0 Å². The average molecular weight is 230 g/mol. The second-order valence-electron chi connectivity index (χ2n) is 3.88. The quantitative estimate of drug-likeness (QED) is 0.725. The van der Waals surface area contributed by atoms with Crippen molar-refractivity contribution in [3.63, 3.8) is 0 Å². The minimum absolute atomic E-state index is 0.420. The van der Waals surface area contributed by atoms with E-state index < -0.39 is 0 Å². The molecule has 0 atom stereocenters. The van der Waals surface area contributed by atoms with Crippen LogP contribution in [0.3, 0.4) is 0 Å². The van der Waals surface area contributed by atoms with E-state index in [1.165, 1.54) is 19.3 Å². The zero-order valence-electron chi connectivity index (χ0n) is 8.95. The Labute approximate surface area is 94.6 Å². The fourth-order valence-electron chi connectivity index (χ4n) is 1.84. The third kappa shape index (κ3) is 2.16. The first-order chi connectivity index (χ1) is 7.36. The highest BCUT2D eigenvalue weighted by Crippen LogP contribution is 2.35. The van der Waals surface area contributed by atoms with E-state index in [0.717, 1.165) is 18.2 Å². The molecular formula is C10H16ClN3O. The van der Waals surface area contributed by atoms with Crippen molar-refractivity contribution in [3.05, 3.63) is 11.6 Å². The normalized spacial score (nSPS) is 16.7. The van der Waals surface area contributed by atoms with Crippen LogP contribution in [0.2, 0.25) is 0 Å². The van der Waals surface area contributed by atoms with Gasteiger partial charge in [0.25, 0.3) is 0 Å². The lowest BCUT2D eigenvalue weighted by Crippen LogP contribution is -2.18. The second kappa shape index (κ2) is 4.94. The van der Waals surface area contributed by atoms with Crippen LogP contribution in [0.4, 0.5) is 0 Å². The van der Waals surface area contributed by atoms with Crippen LogP contribution >= 0.6 is 11.6 Å². The summed E-state index contributed by atoms with van der Waals surface area (Å²) < 4.78 is 7.19. The molecule has 0 aromatic carbocycles. The van der Waals surface area contributed by atoms with Crippen molar-refractivity contribution >= 4 is 11.6 Å². The van der Waals surface area contributed by atoms with Crippen LogP contribution in [0, 0.1) is 0 Å². The molecule has 1 aromatic heterocycles. The molecule has 0 bridgehead atoms. The summed E-state index contributed by atoms with van der Waals surface area (Å²) in [6, 6.07) is 0. The molecule has 1 fully saturated rings. The van der Waals surface area contributed by atoms with E-state index in [4.69, 9.17) is 16.3 Å². The molecule has 0 aliphatic heterocycles. The summed E-state index contributed by atoms with van der Waals surface area (Å²) in [5.41, 5.74) is 0. The lowest BCUT2D eigenvalue weighted by atomic mass is 9.85. The van der Waals surface area contributed by atoms with Gasteiger partial charge >= 0.3 is 0 Å². The highest BCUT2D eigenvalue weighted by Gasteiger charge is 2.26. The van der Waals surface area contributed by atoms with Gasteiger partial charge in [-0.2, -0.15) is 0 Å². The number of aromatic nitrogens is 3. The highest BCUT2D eigenvalue weighted by molar-refractivity contribution is 6.16. The lowest BCUT2D eigenvalue weighted by Gasteiger charge is -2.25. The molecule has 1 aliphatic carbocycles. The van der Waals surface area contributed by atoms with Crippen LogP contribution in [-0.4, -0.2) is 28.5 Å². The monoisotopic (exact) mass is 229 g/mol. The van der Waals surface area contributed by atoms with E-state index in [1.807, 2.05) is 0 Å². The van der Waals surface area contributed by atoms with Gasteiger partial charge in [0.05, 0.1) is 12.5 Å². The first-order valence-electron chi connectivity index (χ1n) is 5.33. The Morgan fingerprint density at radius 3 is 2.80 bits per heavy atom. The molecule has 1 aliphatic rings. The van der Waals surface area contributed by atoms with Crippen LogP contribution in [0.15, 0.2) is 0 Å². The van der Waals surface area contributed by atoms with E-state index in [-0.39, 0.29) is 0 Å². The molecule has 1 heterocycles. The molecular weight excluding hydrogens is 214 g/mol. The van der Waals surface area contributed by atoms with Crippen LogP contribution in [0.25, 0.3) is 0 Å². The summed E-state index contributed by atoms with van der Waals surface area (Å²) in [7, 11) is 1.70. The first kappa shape index (κ1) is 10.9. The van der Waals surface area contributed by atoms with Gasteiger partial charge in [-0.1, -0.05) is 6.42 Å². The largest absolute Gasteiger partial charge is 0.383 e. The Morgan fingerprint density at radius 1 is 1.47 bits per heavy atom. The lowest BCUT2D eigenvalue weighted by molar-refractivity contribution is 0.184. The maximum atomic E-state index is 5.83. The Morgan fingerprint density at radius 2 is 2.27 bits per heavy atom. The number of nitrogens with zero attached hydrogens (tertiary/aromatic N) is 3. The third-order valence-corrected chi connectivity index (χ3v) is 3.20. The zero-order chi connectivity index (χ0) is 10.7. The Kier molecular flexibility index (Phi) is 3.59. The number of halogens is 1. The molecule has 0 saturated heterocycles. The van der Waals surface area contributed by atoms with Crippen molar-refractivity contribution in [1.29, 1.82) is 0 Å². The third-order valence-electron chi connectivity index (χ3n) is 2.96. The van der Waals surface area contributed by atoms with E-state index in [1.54, 1.807) is 7.11 Å². The number of ether oxygens (including phenoxy) is 1. The minimum atomic E-state index is 0.420. The summed E-state index contributed by atoms with van der Waals surface area (Å²) in [5.74, 6) is 2.96. The van der Waals surface area contributed by atoms with Crippen molar-refractivity contribution in [3.8, 4) is 0 Å². The van der Waals surface area contributed by atoms with Gasteiger partial charge in [0, 0.05) is 19.6 Å². The topological polar surface area (TPSA) is 39.9 Å². The van der Waals surface area contributed by atoms with Crippen LogP contribution in [-0.2, 0) is 17.2 Å². The molecule has 0 amide bonds. The summed E-state index contributed by atoms with van der Waals surface area (Å²) in [4.78, 5) is 0. The maximum Gasteiger partial charge on any atom is 0.148 e.